The van der Waals surface area contributed by atoms with Gasteiger partial charge in [-0.15, -0.1) is 10.2 Å². The summed E-state index contributed by atoms with van der Waals surface area (Å²) in [6, 6.07) is 0. The number of nitrogens with zero attached hydrogens (tertiary/aromatic N) is 2. The summed E-state index contributed by atoms with van der Waals surface area (Å²) >= 11 is 0. The number of carboxylic acids is 1. The van der Waals surface area contributed by atoms with Gasteiger partial charge in [0.05, 0.1) is 0 Å². The molecule has 1 aromatic heterocycles. The molecule has 0 saturated carbocycles. The Balaban J connectivity index is 0.00000196. The van der Waals surface area contributed by atoms with Crippen LogP contribution in [0.1, 0.15) is 30.4 Å². The summed E-state index contributed by atoms with van der Waals surface area (Å²) in [5, 5.41) is 16.5. The van der Waals surface area contributed by atoms with E-state index in [0.717, 1.165) is 0 Å². The number of hydrogen-bond acceptors (Lipinski definition) is 5. The standard InChI is InChI=1S/C7H8F2N2O3.K/c1-7(2,5(8)9)6-11-10-3(14-6)4(12)13;/h5H,1-2H3,(H,12,13);/q;+1/p-1. The molecule has 0 aliphatic rings. The van der Waals surface area contributed by atoms with Crippen molar-refractivity contribution < 1.29 is 74.5 Å². The van der Waals surface area contributed by atoms with E-state index in [0.29, 0.717) is 0 Å². The molecule has 1 rings (SSSR count). The second kappa shape index (κ2) is 5.44. The molecule has 1 aromatic rings. The van der Waals surface area contributed by atoms with Crippen LogP contribution in [0, 0.1) is 0 Å². The molecule has 0 aromatic carbocycles. The minimum atomic E-state index is -2.72. The van der Waals surface area contributed by atoms with Crippen molar-refractivity contribution in [2.24, 2.45) is 0 Å². The zero-order chi connectivity index (χ0) is 10.9. The first-order valence-electron chi connectivity index (χ1n) is 3.69. The Morgan fingerprint density at radius 2 is 2.00 bits per heavy atom. The average Bonchev–Trinajstić information content (AvgIpc) is 2.51. The summed E-state index contributed by atoms with van der Waals surface area (Å²) in [4.78, 5) is 10.2. The molecule has 78 valence electrons. The summed E-state index contributed by atoms with van der Waals surface area (Å²) in [6.07, 6.45) is -2.72. The van der Waals surface area contributed by atoms with Crippen molar-refractivity contribution in [3.8, 4) is 0 Å². The van der Waals surface area contributed by atoms with Crippen LogP contribution in [-0.2, 0) is 5.41 Å². The topological polar surface area (TPSA) is 79.0 Å². The normalized spacial score (nSPS) is 11.3. The maximum Gasteiger partial charge on any atom is 1.00 e. The molecule has 0 saturated heterocycles. The number of aromatic carboxylic acids is 1. The first-order chi connectivity index (χ1) is 6.35. The number of alkyl halides is 2. The number of rotatable bonds is 3. The molecule has 15 heavy (non-hydrogen) atoms. The maximum atomic E-state index is 12.4. The molecular weight excluding hydrogens is 237 g/mol. The minimum Gasteiger partial charge on any atom is -0.540 e. The van der Waals surface area contributed by atoms with E-state index in [1.165, 1.54) is 13.8 Å². The largest absolute Gasteiger partial charge is 1.00 e. The van der Waals surface area contributed by atoms with Crippen molar-refractivity contribution in [1.29, 1.82) is 0 Å². The van der Waals surface area contributed by atoms with Gasteiger partial charge in [0.1, 0.15) is 11.4 Å². The zero-order valence-electron chi connectivity index (χ0n) is 8.45. The average molecular weight is 244 g/mol. The first-order valence-corrected chi connectivity index (χ1v) is 3.69. The smallest absolute Gasteiger partial charge is 0.540 e. The number of halogens is 2. The molecular formula is C7H7F2KN2O3. The Hall–Kier alpha value is 0.106. The van der Waals surface area contributed by atoms with Gasteiger partial charge in [-0.3, -0.25) is 0 Å². The van der Waals surface area contributed by atoms with Gasteiger partial charge in [0, 0.05) is 0 Å². The fraction of sp³-hybridized carbons (Fsp3) is 0.571. The summed E-state index contributed by atoms with van der Waals surface area (Å²) < 4.78 is 29.3. The molecule has 0 aliphatic carbocycles. The van der Waals surface area contributed by atoms with E-state index in [-0.39, 0.29) is 51.4 Å². The first kappa shape index (κ1) is 15.1. The Kier molecular flexibility index (Phi) is 5.48. The van der Waals surface area contributed by atoms with Gasteiger partial charge in [0.15, 0.2) is 0 Å². The third kappa shape index (κ3) is 3.28. The van der Waals surface area contributed by atoms with E-state index in [2.05, 4.69) is 14.6 Å². The van der Waals surface area contributed by atoms with Gasteiger partial charge in [-0.05, 0) is 13.8 Å². The van der Waals surface area contributed by atoms with E-state index < -0.39 is 29.6 Å². The Morgan fingerprint density at radius 1 is 1.47 bits per heavy atom. The maximum absolute atomic E-state index is 12.4. The molecule has 0 amide bonds. The SMILES string of the molecule is CC(C)(c1nnc(C(=O)[O-])o1)C(F)F.[K+]. The third-order valence-corrected chi connectivity index (χ3v) is 1.70. The van der Waals surface area contributed by atoms with Crippen molar-refractivity contribution in [3.05, 3.63) is 11.8 Å². The van der Waals surface area contributed by atoms with Gasteiger partial charge >= 0.3 is 51.4 Å². The summed E-state index contributed by atoms with van der Waals surface area (Å²) in [5.74, 6) is -2.91. The van der Waals surface area contributed by atoms with E-state index in [9.17, 15) is 18.7 Å². The van der Waals surface area contributed by atoms with Crippen LogP contribution in [0.3, 0.4) is 0 Å². The molecule has 0 spiro atoms. The molecule has 5 nitrogen and oxygen atoms in total. The molecule has 1 heterocycles. The molecule has 0 aliphatic heterocycles. The van der Waals surface area contributed by atoms with Crippen LogP contribution in [0.25, 0.3) is 0 Å². The van der Waals surface area contributed by atoms with Crippen LogP contribution in [-0.4, -0.2) is 22.6 Å². The van der Waals surface area contributed by atoms with Crippen LogP contribution >= 0.6 is 0 Å². The van der Waals surface area contributed by atoms with E-state index in [1.807, 2.05) is 0 Å². The number of carbonyl (C=O) groups excluding carboxylic acids is 1. The van der Waals surface area contributed by atoms with Crippen LogP contribution in [0.4, 0.5) is 8.78 Å². The van der Waals surface area contributed by atoms with E-state index in [4.69, 9.17) is 0 Å². The number of carbonyl (C=O) groups is 1. The van der Waals surface area contributed by atoms with Crippen LogP contribution < -0.4 is 56.5 Å². The van der Waals surface area contributed by atoms with Gasteiger partial charge in [0.25, 0.3) is 12.3 Å². The summed E-state index contributed by atoms with van der Waals surface area (Å²) in [7, 11) is 0. The van der Waals surface area contributed by atoms with Crippen molar-refractivity contribution >= 4 is 5.97 Å². The number of carboxylic acid groups (broad SMARTS) is 1. The van der Waals surface area contributed by atoms with Crippen LogP contribution in [0.15, 0.2) is 4.42 Å². The zero-order valence-corrected chi connectivity index (χ0v) is 11.6. The van der Waals surface area contributed by atoms with Crippen LogP contribution in [0.5, 0.6) is 0 Å². The molecule has 8 heteroatoms. The van der Waals surface area contributed by atoms with E-state index in [1.54, 1.807) is 0 Å². The summed E-state index contributed by atoms with van der Waals surface area (Å²) in [6.45, 7) is 2.34. The monoisotopic (exact) mass is 244 g/mol. The molecule has 0 bridgehead atoms. The Morgan fingerprint density at radius 3 is 2.33 bits per heavy atom. The molecule has 0 fully saturated rings. The van der Waals surface area contributed by atoms with Crippen molar-refractivity contribution in [1.82, 2.24) is 10.2 Å². The summed E-state index contributed by atoms with van der Waals surface area (Å²) in [5.41, 5.74) is -1.67. The predicted octanol–water partition coefficient (Wildman–Crippen LogP) is -3.02. The Bertz CT molecular complexity index is 354. The van der Waals surface area contributed by atoms with Gasteiger partial charge in [-0.1, -0.05) is 0 Å². The van der Waals surface area contributed by atoms with Crippen molar-refractivity contribution in [3.63, 3.8) is 0 Å². The van der Waals surface area contributed by atoms with Gasteiger partial charge < -0.3 is 14.3 Å². The fourth-order valence-electron chi connectivity index (χ4n) is 0.659. The quantitative estimate of drug-likeness (QED) is 0.529. The van der Waals surface area contributed by atoms with Gasteiger partial charge in [0.2, 0.25) is 5.89 Å². The second-order valence-electron chi connectivity index (χ2n) is 3.22. The fourth-order valence-corrected chi connectivity index (χ4v) is 0.659. The van der Waals surface area contributed by atoms with Crippen molar-refractivity contribution in [2.75, 3.05) is 0 Å². The number of hydrogen-bond donors (Lipinski definition) is 0. The minimum absolute atomic E-state index is 0. The third-order valence-electron chi connectivity index (χ3n) is 1.70. The van der Waals surface area contributed by atoms with Crippen LogP contribution in [0.2, 0.25) is 0 Å². The molecule has 0 unspecified atom stereocenters. The Labute approximate surface area is 127 Å². The molecule has 0 radical (unpaired) electrons. The van der Waals surface area contributed by atoms with Gasteiger partial charge in [-0.2, -0.15) is 0 Å². The van der Waals surface area contributed by atoms with Crippen molar-refractivity contribution in [2.45, 2.75) is 25.7 Å². The predicted molar refractivity (Wildman–Crippen MR) is 37.7 cm³/mol. The molecule has 0 N–H and O–H groups in total. The molecule has 0 atom stereocenters. The van der Waals surface area contributed by atoms with E-state index >= 15 is 0 Å². The van der Waals surface area contributed by atoms with Gasteiger partial charge in [-0.25, -0.2) is 8.78 Å². The number of aromatic nitrogens is 2. The second-order valence-corrected chi connectivity index (χ2v) is 3.22.